The van der Waals surface area contributed by atoms with E-state index in [1.807, 2.05) is 23.2 Å². The van der Waals surface area contributed by atoms with Crippen LogP contribution < -0.4 is 11.3 Å². The zero-order valence-corrected chi connectivity index (χ0v) is 9.10. The average molecular weight is 220 g/mol. The Balaban J connectivity index is 1.88. The minimum absolute atomic E-state index is 0.0638. The number of amides is 1. The van der Waals surface area contributed by atoms with Crippen LogP contribution in [0.5, 0.6) is 0 Å². The maximum atomic E-state index is 11.8. The summed E-state index contributed by atoms with van der Waals surface area (Å²) in [7, 11) is 0. The van der Waals surface area contributed by atoms with E-state index in [0.29, 0.717) is 5.56 Å². The van der Waals surface area contributed by atoms with Crippen molar-refractivity contribution >= 4 is 5.91 Å². The number of benzene rings is 1. The normalized spacial score (nSPS) is 18.3. The van der Waals surface area contributed by atoms with E-state index in [9.17, 15) is 4.79 Å². The van der Waals surface area contributed by atoms with Crippen molar-refractivity contribution in [2.24, 2.45) is 5.84 Å². The third-order valence-electron chi connectivity index (χ3n) is 2.61. The summed E-state index contributed by atoms with van der Waals surface area (Å²) < 4.78 is 0. The van der Waals surface area contributed by atoms with E-state index in [2.05, 4.69) is 5.43 Å². The third-order valence-corrected chi connectivity index (χ3v) is 2.61. The SMILES string of the molecule is NN1CCN(NC(=O)c2ccccc2)CC1. The monoisotopic (exact) mass is 220 g/mol. The Morgan fingerprint density at radius 3 is 2.38 bits per heavy atom. The first-order valence-corrected chi connectivity index (χ1v) is 5.36. The fourth-order valence-electron chi connectivity index (χ4n) is 1.63. The molecular weight excluding hydrogens is 204 g/mol. The molecule has 16 heavy (non-hydrogen) atoms. The number of nitrogens with one attached hydrogen (secondary N) is 1. The molecule has 0 aromatic heterocycles. The van der Waals surface area contributed by atoms with E-state index in [0.717, 1.165) is 26.2 Å². The Hall–Kier alpha value is -1.43. The molecule has 1 fully saturated rings. The van der Waals surface area contributed by atoms with Crippen LogP contribution >= 0.6 is 0 Å². The molecule has 0 bridgehead atoms. The fourth-order valence-corrected chi connectivity index (χ4v) is 1.63. The molecule has 0 unspecified atom stereocenters. The molecule has 0 radical (unpaired) electrons. The van der Waals surface area contributed by atoms with Crippen LogP contribution in [0.15, 0.2) is 30.3 Å². The quantitative estimate of drug-likeness (QED) is 0.679. The molecule has 1 aromatic rings. The van der Waals surface area contributed by atoms with Crippen LogP contribution in [0.25, 0.3) is 0 Å². The highest BCUT2D eigenvalue weighted by Gasteiger charge is 2.16. The standard InChI is InChI=1S/C11H16N4O/c12-14-6-8-15(9-7-14)13-11(16)10-4-2-1-3-5-10/h1-5H,6-9,12H2,(H,13,16). The zero-order valence-electron chi connectivity index (χ0n) is 9.10. The number of rotatable bonds is 2. The summed E-state index contributed by atoms with van der Waals surface area (Å²) in [6.45, 7) is 3.06. The predicted octanol–water partition coefficient (Wildman–Crippen LogP) is -0.177. The second kappa shape index (κ2) is 5.07. The molecule has 1 amide bonds. The minimum Gasteiger partial charge on any atom is -0.285 e. The topological polar surface area (TPSA) is 61.6 Å². The Morgan fingerprint density at radius 2 is 1.75 bits per heavy atom. The number of nitrogens with two attached hydrogens (primary N) is 1. The molecule has 5 heteroatoms. The molecule has 1 aromatic carbocycles. The Kier molecular flexibility index (Phi) is 3.51. The first-order valence-electron chi connectivity index (χ1n) is 5.36. The molecule has 0 aliphatic carbocycles. The van der Waals surface area contributed by atoms with Gasteiger partial charge in [0, 0.05) is 31.7 Å². The van der Waals surface area contributed by atoms with Crippen LogP contribution in [-0.4, -0.2) is 42.1 Å². The van der Waals surface area contributed by atoms with E-state index < -0.39 is 0 Å². The van der Waals surface area contributed by atoms with E-state index in [-0.39, 0.29) is 5.91 Å². The summed E-state index contributed by atoms with van der Waals surface area (Å²) in [5, 5.41) is 3.66. The Bertz CT molecular complexity index is 346. The Morgan fingerprint density at radius 1 is 1.12 bits per heavy atom. The minimum atomic E-state index is -0.0638. The summed E-state index contributed by atoms with van der Waals surface area (Å²) in [5.41, 5.74) is 3.55. The molecule has 1 heterocycles. The van der Waals surface area contributed by atoms with Gasteiger partial charge in [-0.1, -0.05) is 18.2 Å². The van der Waals surface area contributed by atoms with E-state index in [1.165, 1.54) is 0 Å². The Labute approximate surface area is 94.8 Å². The summed E-state index contributed by atoms with van der Waals surface area (Å²) in [6, 6.07) is 9.20. The van der Waals surface area contributed by atoms with Crippen molar-refractivity contribution in [1.82, 2.24) is 15.4 Å². The van der Waals surface area contributed by atoms with Crippen molar-refractivity contribution in [3.05, 3.63) is 35.9 Å². The first kappa shape index (κ1) is 11.1. The van der Waals surface area contributed by atoms with Crippen molar-refractivity contribution in [2.75, 3.05) is 26.2 Å². The lowest BCUT2D eigenvalue weighted by molar-refractivity contribution is 0.0619. The number of hydrazine groups is 2. The number of hydrogen-bond donors (Lipinski definition) is 2. The van der Waals surface area contributed by atoms with Gasteiger partial charge in [-0.05, 0) is 12.1 Å². The maximum absolute atomic E-state index is 11.8. The fraction of sp³-hybridized carbons (Fsp3) is 0.364. The first-order chi connectivity index (χ1) is 7.75. The number of hydrogen-bond acceptors (Lipinski definition) is 4. The van der Waals surface area contributed by atoms with Crippen molar-refractivity contribution in [3.8, 4) is 0 Å². The second-order valence-electron chi connectivity index (χ2n) is 3.83. The molecule has 0 spiro atoms. The summed E-state index contributed by atoms with van der Waals surface area (Å²) in [4.78, 5) is 11.8. The predicted molar refractivity (Wildman–Crippen MR) is 61.2 cm³/mol. The molecular formula is C11H16N4O. The highest BCUT2D eigenvalue weighted by atomic mass is 16.2. The molecule has 1 saturated heterocycles. The molecule has 1 aliphatic rings. The summed E-state index contributed by atoms with van der Waals surface area (Å²) >= 11 is 0. The third kappa shape index (κ3) is 2.79. The van der Waals surface area contributed by atoms with Gasteiger partial charge < -0.3 is 0 Å². The maximum Gasteiger partial charge on any atom is 0.265 e. The van der Waals surface area contributed by atoms with Crippen LogP contribution in [0.2, 0.25) is 0 Å². The summed E-state index contributed by atoms with van der Waals surface area (Å²) in [6.07, 6.45) is 0. The van der Waals surface area contributed by atoms with Crippen molar-refractivity contribution in [2.45, 2.75) is 0 Å². The van der Waals surface area contributed by atoms with E-state index >= 15 is 0 Å². The lowest BCUT2D eigenvalue weighted by atomic mass is 10.2. The van der Waals surface area contributed by atoms with Crippen molar-refractivity contribution in [3.63, 3.8) is 0 Å². The molecule has 0 saturated carbocycles. The van der Waals surface area contributed by atoms with Gasteiger partial charge in [0.15, 0.2) is 0 Å². The summed E-state index contributed by atoms with van der Waals surface area (Å²) in [5.74, 6) is 5.57. The number of nitrogens with zero attached hydrogens (tertiary/aromatic N) is 2. The van der Waals surface area contributed by atoms with Gasteiger partial charge in [-0.3, -0.25) is 16.1 Å². The van der Waals surface area contributed by atoms with Gasteiger partial charge in [-0.2, -0.15) is 0 Å². The van der Waals surface area contributed by atoms with Crippen LogP contribution in [0, 0.1) is 0 Å². The van der Waals surface area contributed by atoms with Gasteiger partial charge in [-0.25, -0.2) is 10.0 Å². The highest BCUT2D eigenvalue weighted by Crippen LogP contribution is 2.00. The van der Waals surface area contributed by atoms with Gasteiger partial charge in [0.2, 0.25) is 0 Å². The van der Waals surface area contributed by atoms with Crippen LogP contribution in [0.1, 0.15) is 10.4 Å². The lowest BCUT2D eigenvalue weighted by Gasteiger charge is -2.31. The number of piperazine rings is 1. The zero-order chi connectivity index (χ0) is 11.4. The van der Waals surface area contributed by atoms with Gasteiger partial charge in [0.05, 0.1) is 0 Å². The molecule has 0 atom stereocenters. The largest absolute Gasteiger partial charge is 0.285 e. The van der Waals surface area contributed by atoms with Gasteiger partial charge in [-0.15, -0.1) is 0 Å². The van der Waals surface area contributed by atoms with Crippen LogP contribution in [0.3, 0.4) is 0 Å². The van der Waals surface area contributed by atoms with Crippen molar-refractivity contribution < 1.29 is 4.79 Å². The number of carbonyl (C=O) groups is 1. The number of carbonyl (C=O) groups excluding carboxylic acids is 1. The molecule has 1 aliphatic heterocycles. The van der Waals surface area contributed by atoms with Gasteiger partial charge >= 0.3 is 0 Å². The molecule has 2 rings (SSSR count). The van der Waals surface area contributed by atoms with Gasteiger partial charge in [0.25, 0.3) is 5.91 Å². The van der Waals surface area contributed by atoms with Gasteiger partial charge in [0.1, 0.15) is 0 Å². The van der Waals surface area contributed by atoms with E-state index in [4.69, 9.17) is 5.84 Å². The highest BCUT2D eigenvalue weighted by molar-refractivity contribution is 5.93. The van der Waals surface area contributed by atoms with Crippen molar-refractivity contribution in [1.29, 1.82) is 0 Å². The second-order valence-corrected chi connectivity index (χ2v) is 3.83. The molecule has 5 nitrogen and oxygen atoms in total. The average Bonchev–Trinajstić information content (AvgIpc) is 2.33. The molecule has 3 N–H and O–H groups in total. The van der Waals surface area contributed by atoms with Crippen LogP contribution in [-0.2, 0) is 0 Å². The van der Waals surface area contributed by atoms with E-state index in [1.54, 1.807) is 17.1 Å². The van der Waals surface area contributed by atoms with Crippen LogP contribution in [0.4, 0.5) is 0 Å². The lowest BCUT2D eigenvalue weighted by Crippen LogP contribution is -2.55. The molecule has 86 valence electrons. The smallest absolute Gasteiger partial charge is 0.265 e.